The zero-order valence-electron chi connectivity index (χ0n) is 12.6. The Morgan fingerprint density at radius 3 is 2.74 bits per heavy atom. The third kappa shape index (κ3) is 2.31. The van der Waals surface area contributed by atoms with E-state index in [1.165, 1.54) is 24.4 Å². The number of anilines is 1. The fourth-order valence-electron chi connectivity index (χ4n) is 2.98. The fraction of sp³-hybridized carbons (Fsp3) is 0.375. The van der Waals surface area contributed by atoms with Gasteiger partial charge in [0.15, 0.2) is 11.6 Å². The minimum Gasteiger partial charge on any atom is -0.338 e. The van der Waals surface area contributed by atoms with Gasteiger partial charge in [0.25, 0.3) is 0 Å². The zero-order valence-corrected chi connectivity index (χ0v) is 13.4. The quantitative estimate of drug-likeness (QED) is 0.741. The second kappa shape index (κ2) is 5.13. The predicted octanol–water partition coefficient (Wildman–Crippen LogP) is 2.69. The van der Waals surface area contributed by atoms with Crippen molar-refractivity contribution in [3.63, 3.8) is 0 Å². The van der Waals surface area contributed by atoms with E-state index in [1.807, 2.05) is 18.2 Å². The lowest BCUT2D eigenvalue weighted by atomic mass is 10.2. The van der Waals surface area contributed by atoms with E-state index >= 15 is 0 Å². The van der Waals surface area contributed by atoms with Gasteiger partial charge in [0.05, 0.1) is 6.54 Å². The summed E-state index contributed by atoms with van der Waals surface area (Å²) in [5.74, 6) is 3.59. The van der Waals surface area contributed by atoms with Crippen LogP contribution in [0.25, 0.3) is 11.4 Å². The molecule has 1 aromatic carbocycles. The Morgan fingerprint density at radius 1 is 1.04 bits per heavy atom. The number of fused-ring (bicyclic) bond motifs is 1. The first-order valence-electron chi connectivity index (χ1n) is 7.94. The molecule has 0 spiro atoms. The van der Waals surface area contributed by atoms with Crippen molar-refractivity contribution in [1.82, 2.24) is 24.1 Å². The van der Waals surface area contributed by atoms with Crippen LogP contribution in [-0.4, -0.2) is 30.7 Å². The molecule has 2 aliphatic rings. The summed E-state index contributed by atoms with van der Waals surface area (Å²) in [6.07, 6.45) is 2.48. The molecule has 0 bridgehead atoms. The Balaban J connectivity index is 1.42. The standard InChI is InChI=1S/C16H16N6S/c1-2-4-12(5-3-1)15-19-18-13-10-21(8-9-22(13)15)16-17-14(20-23-16)11-6-7-11/h1-5,11H,6-10H2. The van der Waals surface area contributed by atoms with Crippen LogP contribution in [-0.2, 0) is 13.1 Å². The van der Waals surface area contributed by atoms with Gasteiger partial charge in [0, 0.05) is 36.1 Å². The highest BCUT2D eigenvalue weighted by molar-refractivity contribution is 7.09. The van der Waals surface area contributed by atoms with Gasteiger partial charge < -0.3 is 9.47 Å². The molecule has 5 rings (SSSR count). The molecule has 0 radical (unpaired) electrons. The van der Waals surface area contributed by atoms with E-state index in [0.717, 1.165) is 47.8 Å². The lowest BCUT2D eigenvalue weighted by molar-refractivity contribution is 0.562. The predicted molar refractivity (Wildman–Crippen MR) is 88.4 cm³/mol. The van der Waals surface area contributed by atoms with Crippen LogP contribution in [0.4, 0.5) is 5.13 Å². The van der Waals surface area contributed by atoms with Crippen LogP contribution in [0.15, 0.2) is 30.3 Å². The monoisotopic (exact) mass is 324 g/mol. The van der Waals surface area contributed by atoms with Crippen molar-refractivity contribution in [3.8, 4) is 11.4 Å². The van der Waals surface area contributed by atoms with Gasteiger partial charge in [-0.15, -0.1) is 10.2 Å². The Morgan fingerprint density at radius 2 is 1.91 bits per heavy atom. The maximum Gasteiger partial charge on any atom is 0.205 e. The van der Waals surface area contributed by atoms with Crippen molar-refractivity contribution in [1.29, 1.82) is 0 Å². The molecule has 1 aliphatic heterocycles. The van der Waals surface area contributed by atoms with Crippen LogP contribution >= 0.6 is 11.5 Å². The van der Waals surface area contributed by atoms with Crippen molar-refractivity contribution in [2.75, 3.05) is 11.4 Å². The summed E-state index contributed by atoms with van der Waals surface area (Å²) in [5.41, 5.74) is 1.12. The second-order valence-electron chi connectivity index (χ2n) is 6.09. The van der Waals surface area contributed by atoms with E-state index in [4.69, 9.17) is 4.98 Å². The molecule has 1 aliphatic carbocycles. The summed E-state index contributed by atoms with van der Waals surface area (Å²) in [6, 6.07) is 10.2. The van der Waals surface area contributed by atoms with Crippen molar-refractivity contribution >= 4 is 16.7 Å². The molecule has 0 amide bonds. The van der Waals surface area contributed by atoms with Gasteiger partial charge in [-0.1, -0.05) is 30.3 Å². The molecule has 1 fully saturated rings. The topological polar surface area (TPSA) is 59.7 Å². The molecule has 1 saturated carbocycles. The van der Waals surface area contributed by atoms with E-state index < -0.39 is 0 Å². The van der Waals surface area contributed by atoms with E-state index in [1.54, 1.807) is 0 Å². The molecule has 3 aromatic rings. The zero-order chi connectivity index (χ0) is 15.2. The summed E-state index contributed by atoms with van der Waals surface area (Å²) in [6.45, 7) is 2.55. The summed E-state index contributed by atoms with van der Waals surface area (Å²) in [4.78, 5) is 6.98. The number of rotatable bonds is 3. The van der Waals surface area contributed by atoms with Gasteiger partial charge >= 0.3 is 0 Å². The van der Waals surface area contributed by atoms with Crippen LogP contribution in [0.5, 0.6) is 0 Å². The van der Waals surface area contributed by atoms with Crippen molar-refractivity contribution in [2.45, 2.75) is 31.8 Å². The third-order valence-corrected chi connectivity index (χ3v) is 5.22. The fourth-order valence-corrected chi connectivity index (χ4v) is 3.75. The van der Waals surface area contributed by atoms with Crippen LogP contribution in [0, 0.1) is 0 Å². The van der Waals surface area contributed by atoms with Gasteiger partial charge in [-0.2, -0.15) is 4.37 Å². The van der Waals surface area contributed by atoms with E-state index in [-0.39, 0.29) is 0 Å². The molecular formula is C16H16N6S. The number of nitrogens with zero attached hydrogens (tertiary/aromatic N) is 6. The third-order valence-electron chi connectivity index (χ3n) is 4.43. The van der Waals surface area contributed by atoms with Crippen molar-refractivity contribution < 1.29 is 0 Å². The van der Waals surface area contributed by atoms with Crippen molar-refractivity contribution in [3.05, 3.63) is 42.0 Å². The average molecular weight is 324 g/mol. The second-order valence-corrected chi connectivity index (χ2v) is 6.82. The lowest BCUT2D eigenvalue weighted by Gasteiger charge is -2.27. The Hall–Kier alpha value is -2.28. The van der Waals surface area contributed by atoms with Gasteiger partial charge in [-0.05, 0) is 12.8 Å². The summed E-state index contributed by atoms with van der Waals surface area (Å²) in [5, 5.41) is 9.80. The highest BCUT2D eigenvalue weighted by Gasteiger charge is 2.30. The first-order chi connectivity index (χ1) is 11.4. The normalized spacial score (nSPS) is 17.3. The van der Waals surface area contributed by atoms with Gasteiger partial charge in [-0.25, -0.2) is 4.98 Å². The minimum atomic E-state index is 0.609. The number of hydrogen-bond donors (Lipinski definition) is 0. The molecule has 0 N–H and O–H groups in total. The summed E-state index contributed by atoms with van der Waals surface area (Å²) < 4.78 is 6.73. The van der Waals surface area contributed by atoms with E-state index in [2.05, 4.69) is 36.2 Å². The molecule has 0 atom stereocenters. The maximum absolute atomic E-state index is 4.71. The number of benzene rings is 1. The first-order valence-corrected chi connectivity index (χ1v) is 8.72. The first kappa shape index (κ1) is 13.2. The maximum atomic E-state index is 4.71. The molecule has 116 valence electrons. The number of aromatic nitrogens is 5. The van der Waals surface area contributed by atoms with Crippen LogP contribution in [0.3, 0.4) is 0 Å². The molecule has 0 unspecified atom stereocenters. The molecule has 23 heavy (non-hydrogen) atoms. The molecule has 0 saturated heterocycles. The van der Waals surface area contributed by atoms with E-state index in [9.17, 15) is 0 Å². The summed E-state index contributed by atoms with van der Waals surface area (Å²) in [7, 11) is 0. The molecular weight excluding hydrogens is 308 g/mol. The van der Waals surface area contributed by atoms with Gasteiger partial charge in [0.1, 0.15) is 5.82 Å². The molecule has 3 heterocycles. The van der Waals surface area contributed by atoms with E-state index in [0.29, 0.717) is 5.92 Å². The molecule has 7 heteroatoms. The molecule has 2 aromatic heterocycles. The van der Waals surface area contributed by atoms with Crippen LogP contribution < -0.4 is 4.90 Å². The SMILES string of the molecule is c1ccc(-c2nnc3n2CCN(c2nc(C4CC4)ns2)C3)cc1. The number of hydrogen-bond acceptors (Lipinski definition) is 6. The lowest BCUT2D eigenvalue weighted by Crippen LogP contribution is -2.34. The molecule has 6 nitrogen and oxygen atoms in total. The highest BCUT2D eigenvalue weighted by Crippen LogP contribution is 2.40. The van der Waals surface area contributed by atoms with Gasteiger partial charge in [-0.3, -0.25) is 0 Å². The average Bonchev–Trinajstić information content (AvgIpc) is 3.19. The smallest absolute Gasteiger partial charge is 0.205 e. The van der Waals surface area contributed by atoms with Crippen molar-refractivity contribution in [2.24, 2.45) is 0 Å². The Labute approximate surface area is 138 Å². The van der Waals surface area contributed by atoms with Gasteiger partial charge in [0.2, 0.25) is 5.13 Å². The largest absolute Gasteiger partial charge is 0.338 e. The highest BCUT2D eigenvalue weighted by atomic mass is 32.1. The van der Waals surface area contributed by atoms with Crippen LogP contribution in [0.1, 0.15) is 30.4 Å². The van der Waals surface area contributed by atoms with Crippen LogP contribution in [0.2, 0.25) is 0 Å². The minimum absolute atomic E-state index is 0.609. The summed E-state index contributed by atoms with van der Waals surface area (Å²) >= 11 is 1.51. The Kier molecular flexibility index (Phi) is 2.94. The Bertz CT molecular complexity index is 835.